The maximum Gasteiger partial charge on any atom is 0.126 e. The Balaban J connectivity index is 2.84. The number of rotatable bonds is 1. The second-order valence-corrected chi connectivity index (χ2v) is 3.54. The minimum atomic E-state index is -0.153. The van der Waals surface area contributed by atoms with Gasteiger partial charge < -0.3 is 0 Å². The lowest BCUT2D eigenvalue weighted by Gasteiger charge is -1.98. The first-order valence-corrected chi connectivity index (χ1v) is 4.75. The monoisotopic (exact) mass is 192 g/mol. The topological polar surface area (TPSA) is 17.8 Å². The van der Waals surface area contributed by atoms with E-state index in [1.54, 1.807) is 17.7 Å². The third kappa shape index (κ3) is 1.20. The van der Waals surface area contributed by atoms with Crippen LogP contribution in [0.25, 0.3) is 10.9 Å². The summed E-state index contributed by atoms with van der Waals surface area (Å²) in [6, 6.07) is 3.42. The first kappa shape index (κ1) is 9.19. The van der Waals surface area contributed by atoms with E-state index in [1.807, 2.05) is 20.0 Å². The van der Waals surface area contributed by atoms with Crippen LogP contribution in [0.2, 0.25) is 0 Å². The number of nitrogens with zero attached hydrogens (tertiary/aromatic N) is 2. The summed E-state index contributed by atoms with van der Waals surface area (Å²) in [5, 5.41) is 5.27. The van der Waals surface area contributed by atoms with E-state index in [9.17, 15) is 4.39 Å². The normalized spacial score (nSPS) is 11.1. The summed E-state index contributed by atoms with van der Waals surface area (Å²) < 4.78 is 15.1. The summed E-state index contributed by atoms with van der Waals surface area (Å²) >= 11 is 0. The molecule has 0 aliphatic carbocycles. The molecule has 0 amide bonds. The van der Waals surface area contributed by atoms with E-state index < -0.39 is 0 Å². The fourth-order valence-electron chi connectivity index (χ4n) is 1.72. The third-order valence-electron chi connectivity index (χ3n) is 2.54. The standard InChI is InChI=1S/C11H13FN2/c1-4-10-8-6-9(12)7(2)5-11(8)14(3)13-10/h5-6H,4H2,1-3H3. The highest BCUT2D eigenvalue weighted by atomic mass is 19.1. The van der Waals surface area contributed by atoms with E-state index in [0.29, 0.717) is 5.56 Å². The van der Waals surface area contributed by atoms with Crippen molar-refractivity contribution < 1.29 is 4.39 Å². The van der Waals surface area contributed by atoms with Crippen LogP contribution in [0.5, 0.6) is 0 Å². The van der Waals surface area contributed by atoms with Crippen molar-refractivity contribution in [3.63, 3.8) is 0 Å². The minimum absolute atomic E-state index is 0.153. The Morgan fingerprint density at radius 2 is 2.14 bits per heavy atom. The van der Waals surface area contributed by atoms with Gasteiger partial charge in [-0.15, -0.1) is 0 Å². The van der Waals surface area contributed by atoms with E-state index in [0.717, 1.165) is 23.0 Å². The molecule has 0 bridgehead atoms. The Labute approximate surface area is 82.3 Å². The van der Waals surface area contributed by atoms with Crippen LogP contribution in [0.15, 0.2) is 12.1 Å². The van der Waals surface area contributed by atoms with Gasteiger partial charge in [0.25, 0.3) is 0 Å². The lowest BCUT2D eigenvalue weighted by Crippen LogP contribution is -1.91. The van der Waals surface area contributed by atoms with Crippen LogP contribution in [0, 0.1) is 12.7 Å². The van der Waals surface area contributed by atoms with Gasteiger partial charge in [-0.25, -0.2) is 4.39 Å². The van der Waals surface area contributed by atoms with Crippen LogP contribution in [0.4, 0.5) is 4.39 Å². The van der Waals surface area contributed by atoms with Gasteiger partial charge in [-0.3, -0.25) is 4.68 Å². The van der Waals surface area contributed by atoms with Gasteiger partial charge in [-0.1, -0.05) is 6.92 Å². The average Bonchev–Trinajstić information content (AvgIpc) is 2.45. The highest BCUT2D eigenvalue weighted by molar-refractivity contribution is 5.82. The second-order valence-electron chi connectivity index (χ2n) is 3.54. The van der Waals surface area contributed by atoms with Gasteiger partial charge in [-0.05, 0) is 31.0 Å². The van der Waals surface area contributed by atoms with Crippen LogP contribution in [-0.4, -0.2) is 9.78 Å². The predicted molar refractivity (Wildman–Crippen MR) is 54.8 cm³/mol. The van der Waals surface area contributed by atoms with Gasteiger partial charge in [-0.2, -0.15) is 5.10 Å². The van der Waals surface area contributed by atoms with Crippen LogP contribution in [0.3, 0.4) is 0 Å². The largest absolute Gasteiger partial charge is 0.268 e. The zero-order valence-corrected chi connectivity index (χ0v) is 8.63. The van der Waals surface area contributed by atoms with Gasteiger partial charge in [0, 0.05) is 12.4 Å². The van der Waals surface area contributed by atoms with Crippen molar-refractivity contribution in [2.24, 2.45) is 7.05 Å². The van der Waals surface area contributed by atoms with Gasteiger partial charge in [0.15, 0.2) is 0 Å². The van der Waals surface area contributed by atoms with Crippen molar-refractivity contribution in [3.8, 4) is 0 Å². The summed E-state index contributed by atoms with van der Waals surface area (Å²) in [5.74, 6) is -0.153. The van der Waals surface area contributed by atoms with Gasteiger partial charge in [0.2, 0.25) is 0 Å². The quantitative estimate of drug-likeness (QED) is 0.679. The summed E-state index contributed by atoms with van der Waals surface area (Å²) in [6.45, 7) is 3.80. The molecule has 0 saturated carbocycles. The Hall–Kier alpha value is -1.38. The second kappa shape index (κ2) is 3.08. The van der Waals surface area contributed by atoms with E-state index in [2.05, 4.69) is 5.10 Å². The van der Waals surface area contributed by atoms with Crippen molar-refractivity contribution in [3.05, 3.63) is 29.2 Å². The lowest BCUT2D eigenvalue weighted by molar-refractivity contribution is 0.620. The van der Waals surface area contributed by atoms with Gasteiger partial charge in [0.05, 0.1) is 11.2 Å². The lowest BCUT2D eigenvalue weighted by atomic mass is 10.1. The molecule has 0 aliphatic rings. The van der Waals surface area contributed by atoms with Crippen molar-refractivity contribution >= 4 is 10.9 Å². The van der Waals surface area contributed by atoms with Crippen LogP contribution in [-0.2, 0) is 13.5 Å². The highest BCUT2D eigenvalue weighted by Crippen LogP contribution is 2.21. The fraction of sp³-hybridized carbons (Fsp3) is 0.364. The van der Waals surface area contributed by atoms with Gasteiger partial charge >= 0.3 is 0 Å². The molecule has 3 heteroatoms. The number of benzene rings is 1. The predicted octanol–water partition coefficient (Wildman–Crippen LogP) is 2.58. The molecule has 1 aromatic heterocycles. The molecule has 14 heavy (non-hydrogen) atoms. The first-order chi connectivity index (χ1) is 6.63. The summed E-state index contributed by atoms with van der Waals surface area (Å²) in [6.07, 6.45) is 0.833. The number of halogens is 1. The molecule has 2 nitrogen and oxygen atoms in total. The molecular weight excluding hydrogens is 179 g/mol. The minimum Gasteiger partial charge on any atom is -0.268 e. The molecule has 1 aromatic carbocycles. The average molecular weight is 192 g/mol. The van der Waals surface area contributed by atoms with Crippen molar-refractivity contribution in [1.82, 2.24) is 9.78 Å². The number of hydrogen-bond donors (Lipinski definition) is 0. The number of hydrogen-bond acceptors (Lipinski definition) is 1. The first-order valence-electron chi connectivity index (χ1n) is 4.75. The number of aryl methyl sites for hydroxylation is 3. The van der Waals surface area contributed by atoms with E-state index in [-0.39, 0.29) is 5.82 Å². The molecule has 0 fully saturated rings. The zero-order chi connectivity index (χ0) is 10.3. The number of aromatic nitrogens is 2. The summed E-state index contributed by atoms with van der Waals surface area (Å²) in [5.41, 5.74) is 2.63. The number of fused-ring (bicyclic) bond motifs is 1. The van der Waals surface area contributed by atoms with Crippen molar-refractivity contribution in [1.29, 1.82) is 0 Å². The molecule has 74 valence electrons. The van der Waals surface area contributed by atoms with Crippen molar-refractivity contribution in [2.45, 2.75) is 20.3 Å². The Morgan fingerprint density at radius 3 is 2.79 bits per heavy atom. The summed E-state index contributed by atoms with van der Waals surface area (Å²) in [7, 11) is 1.89. The van der Waals surface area contributed by atoms with Crippen LogP contribution < -0.4 is 0 Å². The molecule has 2 aromatic rings. The molecule has 0 saturated heterocycles. The molecule has 0 radical (unpaired) electrons. The molecular formula is C11H13FN2. The molecule has 0 atom stereocenters. The highest BCUT2D eigenvalue weighted by Gasteiger charge is 2.09. The maximum atomic E-state index is 13.3. The van der Waals surface area contributed by atoms with Crippen molar-refractivity contribution in [2.75, 3.05) is 0 Å². The Bertz CT molecular complexity index is 485. The molecule has 0 aliphatic heterocycles. The van der Waals surface area contributed by atoms with E-state index >= 15 is 0 Å². The Kier molecular flexibility index (Phi) is 2.02. The zero-order valence-electron chi connectivity index (χ0n) is 8.63. The third-order valence-corrected chi connectivity index (χ3v) is 2.54. The molecule has 2 rings (SSSR count). The van der Waals surface area contributed by atoms with E-state index in [1.165, 1.54) is 0 Å². The molecule has 0 N–H and O–H groups in total. The maximum absolute atomic E-state index is 13.3. The molecule has 0 spiro atoms. The molecule has 0 unspecified atom stereocenters. The fourth-order valence-corrected chi connectivity index (χ4v) is 1.72. The molecule has 1 heterocycles. The SMILES string of the molecule is CCc1nn(C)c2cc(C)c(F)cc12. The van der Waals surface area contributed by atoms with Crippen LogP contribution >= 0.6 is 0 Å². The van der Waals surface area contributed by atoms with Crippen LogP contribution in [0.1, 0.15) is 18.2 Å². The Morgan fingerprint density at radius 1 is 1.43 bits per heavy atom. The van der Waals surface area contributed by atoms with Gasteiger partial charge in [0.1, 0.15) is 5.82 Å². The van der Waals surface area contributed by atoms with E-state index in [4.69, 9.17) is 0 Å². The summed E-state index contributed by atoms with van der Waals surface area (Å²) in [4.78, 5) is 0. The smallest absolute Gasteiger partial charge is 0.126 e.